The van der Waals surface area contributed by atoms with Gasteiger partial charge in [0.2, 0.25) is 12.0 Å². The van der Waals surface area contributed by atoms with E-state index >= 15 is 0 Å². The van der Waals surface area contributed by atoms with Crippen LogP contribution in [0.4, 0.5) is 0 Å². The number of rotatable bonds is 5. The maximum Gasteiger partial charge on any atom is 0.345 e. The van der Waals surface area contributed by atoms with E-state index in [-0.39, 0.29) is 12.3 Å². The second kappa shape index (κ2) is 6.38. The first kappa shape index (κ1) is 14.9. The first-order chi connectivity index (χ1) is 10.6. The Balaban J connectivity index is 1.63. The fraction of sp³-hybridized carbons (Fsp3) is 0.529. The largest absolute Gasteiger partial charge is 0.478 e. The molecule has 5 heteroatoms. The summed E-state index contributed by atoms with van der Waals surface area (Å²) in [5, 5.41) is 9.32. The van der Waals surface area contributed by atoms with Crippen LogP contribution in [0.15, 0.2) is 30.3 Å². The Labute approximate surface area is 129 Å². The van der Waals surface area contributed by atoms with Gasteiger partial charge in [0.25, 0.3) is 0 Å². The predicted molar refractivity (Wildman–Crippen MR) is 80.6 cm³/mol. The molecule has 5 nitrogen and oxygen atoms in total. The molecule has 2 saturated heterocycles. The van der Waals surface area contributed by atoms with Crippen molar-refractivity contribution in [2.75, 3.05) is 6.54 Å². The average molecular weight is 303 g/mol. The Morgan fingerprint density at radius 3 is 2.41 bits per heavy atom. The molecule has 2 heterocycles. The molecule has 1 N–H and O–H groups in total. The summed E-state index contributed by atoms with van der Waals surface area (Å²) >= 11 is 0. The monoisotopic (exact) mass is 303 g/mol. The van der Waals surface area contributed by atoms with Crippen molar-refractivity contribution in [2.45, 2.75) is 44.2 Å². The summed E-state index contributed by atoms with van der Waals surface area (Å²) in [5.41, 5.74) is 0. The van der Waals surface area contributed by atoms with Crippen LogP contribution in [0.25, 0.3) is 0 Å². The first-order valence-corrected chi connectivity index (χ1v) is 7.87. The summed E-state index contributed by atoms with van der Waals surface area (Å²) in [5.74, 6) is -0.132. The number of aliphatic carboxylic acids is 1. The number of carbonyl (C=O) groups excluding carboxylic acids is 1. The number of nitrogens with zero attached hydrogens (tertiary/aromatic N) is 1. The quantitative estimate of drug-likeness (QED) is 0.906. The minimum atomic E-state index is -1.13. The zero-order valence-electron chi connectivity index (χ0n) is 12.5. The van der Waals surface area contributed by atoms with Gasteiger partial charge >= 0.3 is 5.97 Å². The molecule has 1 atom stereocenters. The lowest BCUT2D eigenvalue weighted by Crippen LogP contribution is -2.52. The van der Waals surface area contributed by atoms with E-state index in [1.807, 2.05) is 11.0 Å². The minimum absolute atomic E-state index is 0.0993. The third-order valence-corrected chi connectivity index (χ3v) is 4.69. The molecule has 1 aliphatic carbocycles. The average Bonchev–Trinajstić information content (AvgIpc) is 2.56. The van der Waals surface area contributed by atoms with Crippen LogP contribution in [0.5, 0.6) is 5.75 Å². The topological polar surface area (TPSA) is 66.8 Å². The molecule has 2 aliphatic heterocycles. The Morgan fingerprint density at radius 1 is 1.18 bits per heavy atom. The highest BCUT2D eigenvalue weighted by Crippen LogP contribution is 2.35. The number of hydrogen-bond acceptors (Lipinski definition) is 3. The van der Waals surface area contributed by atoms with E-state index < -0.39 is 12.1 Å². The fourth-order valence-corrected chi connectivity index (χ4v) is 3.49. The van der Waals surface area contributed by atoms with Gasteiger partial charge in [-0.15, -0.1) is 0 Å². The number of amides is 1. The van der Waals surface area contributed by atoms with Gasteiger partial charge in [0, 0.05) is 12.6 Å². The lowest BCUT2D eigenvalue weighted by molar-refractivity contribution is -0.151. The molecule has 118 valence electrons. The number of ether oxygens (including phenoxy) is 1. The number of piperidine rings is 2. The van der Waals surface area contributed by atoms with Crippen LogP contribution in [-0.4, -0.2) is 40.6 Å². The zero-order valence-corrected chi connectivity index (χ0v) is 12.5. The number of fused-ring (bicyclic) bond motifs is 3. The molecule has 0 unspecified atom stereocenters. The van der Waals surface area contributed by atoms with Crippen molar-refractivity contribution >= 4 is 11.9 Å². The highest BCUT2D eigenvalue weighted by molar-refractivity contribution is 5.84. The summed E-state index contributed by atoms with van der Waals surface area (Å²) < 4.78 is 5.47. The van der Waals surface area contributed by atoms with Crippen LogP contribution in [-0.2, 0) is 9.59 Å². The third kappa shape index (κ3) is 3.24. The van der Waals surface area contributed by atoms with E-state index in [9.17, 15) is 14.7 Å². The van der Waals surface area contributed by atoms with Crippen molar-refractivity contribution in [3.05, 3.63) is 30.3 Å². The fourth-order valence-electron chi connectivity index (χ4n) is 3.49. The van der Waals surface area contributed by atoms with Gasteiger partial charge in [0.05, 0.1) is 6.42 Å². The van der Waals surface area contributed by atoms with Crippen LogP contribution in [0.2, 0.25) is 0 Å². The Kier molecular flexibility index (Phi) is 4.32. The van der Waals surface area contributed by atoms with E-state index in [0.29, 0.717) is 17.7 Å². The molecule has 1 saturated carbocycles. The van der Waals surface area contributed by atoms with Crippen molar-refractivity contribution in [3.63, 3.8) is 0 Å². The summed E-state index contributed by atoms with van der Waals surface area (Å²) in [7, 11) is 0. The Bertz CT molecular complexity index is 537. The predicted octanol–water partition coefficient (Wildman–Crippen LogP) is 2.31. The molecule has 3 aliphatic rings. The number of carboxylic acids is 1. The minimum Gasteiger partial charge on any atom is -0.478 e. The summed E-state index contributed by atoms with van der Waals surface area (Å²) in [4.78, 5) is 25.7. The molecule has 0 aromatic heterocycles. The summed E-state index contributed by atoms with van der Waals surface area (Å²) in [6.07, 6.45) is 3.25. The van der Waals surface area contributed by atoms with Gasteiger partial charge < -0.3 is 14.7 Å². The Hall–Kier alpha value is -2.04. The SMILES string of the molecule is O=C(O)[C@H](CC(=O)N1CC2CCC1CC2)Oc1ccccc1. The number of carbonyl (C=O) groups is 2. The van der Waals surface area contributed by atoms with E-state index in [1.54, 1.807) is 24.3 Å². The van der Waals surface area contributed by atoms with Gasteiger partial charge in [0.1, 0.15) is 5.75 Å². The van der Waals surface area contributed by atoms with Gasteiger partial charge in [-0.1, -0.05) is 18.2 Å². The van der Waals surface area contributed by atoms with Gasteiger partial charge in [-0.05, 0) is 43.7 Å². The Morgan fingerprint density at radius 2 is 1.86 bits per heavy atom. The van der Waals surface area contributed by atoms with Crippen LogP contribution in [0.3, 0.4) is 0 Å². The molecule has 1 aromatic rings. The molecule has 0 radical (unpaired) electrons. The van der Waals surface area contributed by atoms with Crippen LogP contribution in [0.1, 0.15) is 32.1 Å². The second-order valence-corrected chi connectivity index (χ2v) is 6.18. The van der Waals surface area contributed by atoms with Crippen molar-refractivity contribution in [1.82, 2.24) is 4.90 Å². The normalized spacial score (nSPS) is 24.8. The molecule has 2 bridgehead atoms. The molecule has 3 fully saturated rings. The second-order valence-electron chi connectivity index (χ2n) is 6.18. The summed E-state index contributed by atoms with van der Waals surface area (Å²) in [6.45, 7) is 0.779. The van der Waals surface area contributed by atoms with Crippen molar-refractivity contribution < 1.29 is 19.4 Å². The molecule has 1 amide bonds. The number of benzene rings is 1. The number of para-hydroxylation sites is 1. The zero-order chi connectivity index (χ0) is 15.5. The van der Waals surface area contributed by atoms with Crippen molar-refractivity contribution in [2.24, 2.45) is 5.92 Å². The van der Waals surface area contributed by atoms with Crippen LogP contribution < -0.4 is 4.74 Å². The molecule has 22 heavy (non-hydrogen) atoms. The van der Waals surface area contributed by atoms with E-state index in [4.69, 9.17) is 4.74 Å². The molecule has 4 rings (SSSR count). The molecule has 1 aromatic carbocycles. The van der Waals surface area contributed by atoms with Gasteiger partial charge in [0.15, 0.2) is 0 Å². The van der Waals surface area contributed by atoms with Crippen molar-refractivity contribution in [3.8, 4) is 5.75 Å². The van der Waals surface area contributed by atoms with Gasteiger partial charge in [-0.25, -0.2) is 4.79 Å². The highest BCUT2D eigenvalue weighted by atomic mass is 16.5. The van der Waals surface area contributed by atoms with Crippen LogP contribution in [0, 0.1) is 5.92 Å². The lowest BCUT2D eigenvalue weighted by atomic mass is 9.80. The first-order valence-electron chi connectivity index (χ1n) is 7.87. The molecule has 0 spiro atoms. The van der Waals surface area contributed by atoms with E-state index in [0.717, 1.165) is 19.4 Å². The maximum atomic E-state index is 12.5. The highest BCUT2D eigenvalue weighted by Gasteiger charge is 2.37. The molecular formula is C17H21NO4. The number of carboxylic acid groups (broad SMARTS) is 1. The van der Waals surface area contributed by atoms with E-state index in [1.165, 1.54) is 12.8 Å². The van der Waals surface area contributed by atoms with Crippen molar-refractivity contribution in [1.29, 1.82) is 0 Å². The smallest absolute Gasteiger partial charge is 0.345 e. The third-order valence-electron chi connectivity index (χ3n) is 4.69. The lowest BCUT2D eigenvalue weighted by Gasteiger charge is -2.45. The summed E-state index contributed by atoms with van der Waals surface area (Å²) in [6, 6.07) is 9.08. The maximum absolute atomic E-state index is 12.5. The standard InChI is InChI=1S/C17H21NO4/c19-16(18-11-12-6-8-13(18)9-7-12)10-15(17(20)21)22-14-4-2-1-3-5-14/h1-5,12-13,15H,6-11H2,(H,20,21)/t12?,13?,15-/m0/s1. The molecular weight excluding hydrogens is 282 g/mol. The van der Waals surface area contributed by atoms with E-state index in [2.05, 4.69) is 0 Å². The van der Waals surface area contributed by atoms with Gasteiger partial charge in [-0.2, -0.15) is 0 Å². The van der Waals surface area contributed by atoms with Gasteiger partial charge in [-0.3, -0.25) is 4.79 Å². The number of hydrogen-bond donors (Lipinski definition) is 1. The van der Waals surface area contributed by atoms with Crippen LogP contribution >= 0.6 is 0 Å².